The highest BCUT2D eigenvalue weighted by molar-refractivity contribution is 7.99. The van der Waals surface area contributed by atoms with E-state index in [1.165, 1.54) is 25.7 Å². The summed E-state index contributed by atoms with van der Waals surface area (Å²) in [4.78, 5) is 2.22. The van der Waals surface area contributed by atoms with Gasteiger partial charge in [-0.25, -0.2) is 0 Å². The second kappa shape index (κ2) is 8.00. The van der Waals surface area contributed by atoms with Gasteiger partial charge in [-0.2, -0.15) is 17.0 Å². The monoisotopic (exact) mass is 254 g/mol. The molecule has 0 aliphatic heterocycles. The van der Waals surface area contributed by atoms with Crippen LogP contribution < -0.4 is 0 Å². The van der Waals surface area contributed by atoms with Gasteiger partial charge in [0.1, 0.15) is 0 Å². The maximum absolute atomic E-state index is 9.21. The highest BCUT2D eigenvalue weighted by Crippen LogP contribution is 2.38. The van der Waals surface area contributed by atoms with Gasteiger partial charge in [-0.15, -0.1) is 0 Å². The van der Waals surface area contributed by atoms with Crippen LogP contribution in [0.25, 0.3) is 0 Å². The molecule has 3 atom stereocenters. The zero-order valence-electron chi connectivity index (χ0n) is 11.5. The summed E-state index contributed by atoms with van der Waals surface area (Å²) in [5.74, 6) is 2.34. The molecule has 0 aromatic carbocycles. The van der Waals surface area contributed by atoms with Crippen molar-refractivity contribution in [2.75, 3.05) is 26.4 Å². The average molecular weight is 254 g/mol. The normalized spacial score (nSPS) is 29.2. The molecule has 1 saturated carbocycles. The molecule has 3 heteroatoms. The molecule has 17 heavy (non-hydrogen) atoms. The first-order valence-corrected chi connectivity index (χ1v) is 7.88. The van der Waals surface area contributed by atoms with Crippen LogP contribution in [0.15, 0.2) is 0 Å². The lowest BCUT2D eigenvalue weighted by Crippen LogP contribution is -2.27. The second-order valence-corrected chi connectivity index (χ2v) is 6.76. The van der Waals surface area contributed by atoms with E-state index in [0.717, 1.165) is 24.6 Å². The molecule has 1 aliphatic rings. The molecule has 0 saturated heterocycles. The third-order valence-electron chi connectivity index (χ3n) is 3.63. The Labute approximate surface area is 111 Å². The zero-order valence-corrected chi connectivity index (χ0v) is 12.3. The van der Waals surface area contributed by atoms with Crippen LogP contribution in [0.5, 0.6) is 0 Å². The number of nitriles is 1. The van der Waals surface area contributed by atoms with E-state index in [1.807, 2.05) is 11.8 Å². The van der Waals surface area contributed by atoms with Crippen molar-refractivity contribution in [2.24, 2.45) is 11.8 Å². The smallest absolute Gasteiger partial charge is 0.0667 e. The highest BCUT2D eigenvalue weighted by atomic mass is 32.2. The van der Waals surface area contributed by atoms with Gasteiger partial charge in [0, 0.05) is 17.5 Å². The summed E-state index contributed by atoms with van der Waals surface area (Å²) in [6.45, 7) is 3.39. The lowest BCUT2D eigenvalue weighted by atomic mass is 9.80. The third-order valence-corrected chi connectivity index (χ3v) is 5.00. The van der Waals surface area contributed by atoms with Gasteiger partial charge < -0.3 is 4.90 Å². The molecular weight excluding hydrogens is 228 g/mol. The molecule has 2 nitrogen and oxygen atoms in total. The van der Waals surface area contributed by atoms with Gasteiger partial charge in [0.25, 0.3) is 0 Å². The van der Waals surface area contributed by atoms with Crippen LogP contribution in [0.1, 0.15) is 39.0 Å². The maximum Gasteiger partial charge on any atom is 0.0667 e. The minimum atomic E-state index is 0.301. The summed E-state index contributed by atoms with van der Waals surface area (Å²) >= 11 is 2.02. The van der Waals surface area contributed by atoms with E-state index in [4.69, 9.17) is 0 Å². The third kappa shape index (κ3) is 5.31. The molecule has 98 valence electrons. The van der Waals surface area contributed by atoms with Crippen LogP contribution in [0.3, 0.4) is 0 Å². The molecule has 0 spiro atoms. The second-order valence-electron chi connectivity index (χ2n) is 5.42. The van der Waals surface area contributed by atoms with E-state index >= 15 is 0 Å². The molecule has 0 N–H and O–H groups in total. The molecule has 0 amide bonds. The van der Waals surface area contributed by atoms with E-state index in [2.05, 4.69) is 32.0 Å². The standard InChI is InChI=1S/C14H26N2S/c1-4-5-12-6-7-13(11-15)14(10-12)17-9-8-16(2)3/h12-14H,4-10H2,1-3H3. The number of thioether (sulfide) groups is 1. The quantitative estimate of drug-likeness (QED) is 0.727. The summed E-state index contributed by atoms with van der Waals surface area (Å²) in [5, 5.41) is 9.80. The number of hydrogen-bond acceptors (Lipinski definition) is 3. The fraction of sp³-hybridized carbons (Fsp3) is 0.929. The van der Waals surface area contributed by atoms with Crippen LogP contribution in [-0.2, 0) is 0 Å². The average Bonchev–Trinajstić information content (AvgIpc) is 2.29. The minimum absolute atomic E-state index is 0.301. The minimum Gasteiger partial charge on any atom is -0.309 e. The van der Waals surface area contributed by atoms with E-state index in [1.54, 1.807) is 0 Å². The Balaban J connectivity index is 2.38. The predicted molar refractivity (Wildman–Crippen MR) is 76.2 cm³/mol. The highest BCUT2D eigenvalue weighted by Gasteiger charge is 2.30. The maximum atomic E-state index is 9.21. The number of rotatable bonds is 6. The van der Waals surface area contributed by atoms with E-state index in [0.29, 0.717) is 11.2 Å². The van der Waals surface area contributed by atoms with Gasteiger partial charge in [-0.3, -0.25) is 0 Å². The molecule has 1 fully saturated rings. The fourth-order valence-corrected chi connectivity index (χ4v) is 4.21. The Hall–Kier alpha value is -0.200. The van der Waals surface area contributed by atoms with E-state index in [-0.39, 0.29) is 0 Å². The SMILES string of the molecule is CCCC1CCC(C#N)C(SCCN(C)C)C1. The van der Waals surface area contributed by atoms with Gasteiger partial charge in [-0.05, 0) is 39.3 Å². The predicted octanol–water partition coefficient (Wildman–Crippen LogP) is 3.39. The molecule has 0 bridgehead atoms. The Morgan fingerprint density at radius 1 is 1.35 bits per heavy atom. The molecular formula is C14H26N2S. The van der Waals surface area contributed by atoms with Gasteiger partial charge in [0.05, 0.1) is 12.0 Å². The topological polar surface area (TPSA) is 27.0 Å². The van der Waals surface area contributed by atoms with Crippen LogP contribution in [-0.4, -0.2) is 36.5 Å². The van der Waals surface area contributed by atoms with Crippen molar-refractivity contribution in [3.63, 3.8) is 0 Å². The Morgan fingerprint density at radius 2 is 2.12 bits per heavy atom. The van der Waals surface area contributed by atoms with E-state index in [9.17, 15) is 5.26 Å². The van der Waals surface area contributed by atoms with Crippen LogP contribution in [0, 0.1) is 23.2 Å². The van der Waals surface area contributed by atoms with Crippen LogP contribution >= 0.6 is 11.8 Å². The first-order valence-electron chi connectivity index (χ1n) is 6.83. The fourth-order valence-electron chi connectivity index (χ4n) is 2.60. The lowest BCUT2D eigenvalue weighted by molar-refractivity contribution is 0.306. The van der Waals surface area contributed by atoms with Crippen molar-refractivity contribution in [1.29, 1.82) is 5.26 Å². The van der Waals surface area contributed by atoms with Crippen molar-refractivity contribution in [1.82, 2.24) is 4.90 Å². The summed E-state index contributed by atoms with van der Waals surface area (Å²) < 4.78 is 0. The number of hydrogen-bond donors (Lipinski definition) is 0. The molecule has 0 heterocycles. The van der Waals surface area contributed by atoms with Crippen LogP contribution in [0.4, 0.5) is 0 Å². The van der Waals surface area contributed by atoms with Gasteiger partial charge in [0.15, 0.2) is 0 Å². The molecule has 0 aromatic rings. The summed E-state index contributed by atoms with van der Waals surface area (Å²) in [7, 11) is 4.23. The van der Waals surface area contributed by atoms with Crippen molar-refractivity contribution < 1.29 is 0 Å². The van der Waals surface area contributed by atoms with E-state index < -0.39 is 0 Å². The molecule has 0 aromatic heterocycles. The first kappa shape index (κ1) is 14.9. The summed E-state index contributed by atoms with van der Waals surface area (Å²) in [6, 6.07) is 2.52. The van der Waals surface area contributed by atoms with Crippen molar-refractivity contribution >= 4 is 11.8 Å². The Kier molecular flexibility index (Phi) is 6.99. The lowest BCUT2D eigenvalue weighted by Gasteiger charge is -2.32. The Bertz CT molecular complexity index is 247. The largest absolute Gasteiger partial charge is 0.309 e. The first-order chi connectivity index (χ1) is 8.17. The number of nitrogens with zero attached hydrogens (tertiary/aromatic N) is 2. The zero-order chi connectivity index (χ0) is 12.7. The van der Waals surface area contributed by atoms with Gasteiger partial charge in [0.2, 0.25) is 0 Å². The van der Waals surface area contributed by atoms with Crippen LogP contribution in [0.2, 0.25) is 0 Å². The van der Waals surface area contributed by atoms with Gasteiger partial charge in [-0.1, -0.05) is 19.8 Å². The van der Waals surface area contributed by atoms with Crippen molar-refractivity contribution in [3.8, 4) is 6.07 Å². The molecule has 1 aliphatic carbocycles. The van der Waals surface area contributed by atoms with Crippen molar-refractivity contribution in [3.05, 3.63) is 0 Å². The Morgan fingerprint density at radius 3 is 2.71 bits per heavy atom. The molecule has 3 unspecified atom stereocenters. The van der Waals surface area contributed by atoms with Gasteiger partial charge >= 0.3 is 0 Å². The summed E-state index contributed by atoms with van der Waals surface area (Å²) in [6.07, 6.45) is 6.31. The molecule has 1 rings (SSSR count). The summed E-state index contributed by atoms with van der Waals surface area (Å²) in [5.41, 5.74) is 0. The van der Waals surface area contributed by atoms with Crippen molar-refractivity contribution in [2.45, 2.75) is 44.3 Å². The molecule has 0 radical (unpaired) electrons.